The van der Waals surface area contributed by atoms with Crippen LogP contribution in [-0.2, 0) is 26.2 Å². The molecular weight excluding hydrogens is 636 g/mol. The van der Waals surface area contributed by atoms with Gasteiger partial charge in [-0.2, -0.15) is 0 Å². The molecule has 0 saturated carbocycles. The Morgan fingerprint density at radius 2 is 0.900 bits per heavy atom. The lowest BCUT2D eigenvalue weighted by molar-refractivity contribution is 0.587. The van der Waals surface area contributed by atoms with Crippen LogP contribution < -0.4 is 10.6 Å². The first-order chi connectivity index (χ1) is 24.1. The Kier molecular flexibility index (Phi) is 9.95. The summed E-state index contributed by atoms with van der Waals surface area (Å²) in [6.45, 7) is 9.28. The van der Waals surface area contributed by atoms with E-state index in [1.54, 1.807) is 0 Å². The van der Waals surface area contributed by atoms with Gasteiger partial charge in [0.05, 0.1) is 33.8 Å². The lowest BCUT2D eigenvalue weighted by Gasteiger charge is -2.11. The van der Waals surface area contributed by atoms with Gasteiger partial charge in [0.2, 0.25) is 0 Å². The van der Waals surface area contributed by atoms with E-state index >= 15 is 0 Å². The van der Waals surface area contributed by atoms with Crippen molar-refractivity contribution in [1.29, 1.82) is 0 Å². The van der Waals surface area contributed by atoms with Crippen molar-refractivity contribution in [2.45, 2.75) is 46.4 Å². The Bertz CT molecular complexity index is 2230. The summed E-state index contributed by atoms with van der Waals surface area (Å²) in [5.41, 5.74) is 11.9. The molecule has 8 aromatic rings. The number of aromatic nitrogens is 4. The number of hydrogen-bond donors (Lipinski definition) is 2. The van der Waals surface area contributed by atoms with E-state index < -0.39 is 0 Å². The van der Waals surface area contributed by atoms with E-state index in [-0.39, 0.29) is 12.4 Å². The Labute approximate surface area is 299 Å². The maximum atomic E-state index is 5.04. The second-order valence-corrected chi connectivity index (χ2v) is 13.1. The van der Waals surface area contributed by atoms with Gasteiger partial charge in [0.1, 0.15) is 0 Å². The average Bonchev–Trinajstić information content (AvgIpc) is 3.61. The molecule has 0 aliphatic heterocycles. The third kappa shape index (κ3) is 6.62. The van der Waals surface area contributed by atoms with Crippen molar-refractivity contribution in [3.63, 3.8) is 0 Å². The summed E-state index contributed by atoms with van der Waals surface area (Å²) in [5, 5.41) is 12.4. The molecule has 6 nitrogen and oxygen atoms in total. The van der Waals surface area contributed by atoms with Crippen molar-refractivity contribution in [3.05, 3.63) is 155 Å². The van der Waals surface area contributed by atoms with E-state index in [0.29, 0.717) is 0 Å². The van der Waals surface area contributed by atoms with Gasteiger partial charge in [-0.1, -0.05) is 97.1 Å². The molecule has 2 N–H and O–H groups in total. The number of hydrogen-bond acceptors (Lipinski definition) is 4. The summed E-state index contributed by atoms with van der Waals surface area (Å²) >= 11 is 0. The number of benzene rings is 4. The number of pyridine rings is 2. The predicted octanol–water partition coefficient (Wildman–Crippen LogP) is 9.10. The number of halogens is 1. The molecule has 0 bridgehead atoms. The molecule has 50 heavy (non-hydrogen) atoms. The summed E-state index contributed by atoms with van der Waals surface area (Å²) < 4.78 is 4.84. The van der Waals surface area contributed by atoms with Gasteiger partial charge in [0.15, 0.2) is 0 Å². The highest BCUT2D eigenvalue weighted by atomic mass is 35.5. The van der Waals surface area contributed by atoms with Gasteiger partial charge in [0, 0.05) is 58.8 Å². The van der Waals surface area contributed by atoms with Crippen LogP contribution in [0.5, 0.6) is 0 Å². The van der Waals surface area contributed by atoms with Crippen molar-refractivity contribution in [3.8, 4) is 0 Å². The van der Waals surface area contributed by atoms with Crippen LogP contribution in [0.15, 0.2) is 121 Å². The van der Waals surface area contributed by atoms with Gasteiger partial charge in [-0.15, -0.1) is 12.4 Å². The standard InChI is InChI=1S/C43H42N6.ClH/c1-30-42-38(36-18-9-11-20-40(36)48(42)28-32-14-5-3-6-15-32)24-34(46-30)26-44-22-13-23-45-27-35-25-39-37-19-10-12-21-41(37)49(43(39)31(2)47-35)29-33-16-7-4-8-17-33;/h3-12,14-21,24-25,44-45H,13,22-23,26-29H2,1-2H3;1H. The second kappa shape index (κ2) is 14.9. The topological polar surface area (TPSA) is 59.7 Å². The number of para-hydroxylation sites is 2. The lowest BCUT2D eigenvalue weighted by Crippen LogP contribution is -2.22. The Balaban J connectivity index is 0.00000392. The maximum absolute atomic E-state index is 5.04. The third-order valence-electron chi connectivity index (χ3n) is 9.64. The van der Waals surface area contributed by atoms with Crippen LogP contribution in [0.2, 0.25) is 0 Å². The Morgan fingerprint density at radius 3 is 1.34 bits per heavy atom. The highest BCUT2D eigenvalue weighted by molar-refractivity contribution is 6.09. The minimum atomic E-state index is 0. The summed E-state index contributed by atoms with van der Waals surface area (Å²) in [5.74, 6) is 0. The van der Waals surface area contributed by atoms with E-state index in [2.05, 4.69) is 155 Å². The van der Waals surface area contributed by atoms with Crippen molar-refractivity contribution >= 4 is 56.0 Å². The molecule has 4 heterocycles. The molecule has 0 atom stereocenters. The first kappa shape index (κ1) is 33.5. The number of rotatable bonds is 12. The van der Waals surface area contributed by atoms with Gasteiger partial charge in [-0.25, -0.2) is 0 Å². The molecule has 4 aromatic carbocycles. The summed E-state index contributed by atoms with van der Waals surface area (Å²) in [6.07, 6.45) is 1.02. The zero-order chi connectivity index (χ0) is 33.2. The van der Waals surface area contributed by atoms with Gasteiger partial charge in [-0.3, -0.25) is 9.97 Å². The zero-order valence-corrected chi connectivity index (χ0v) is 29.5. The van der Waals surface area contributed by atoms with Crippen molar-refractivity contribution in [2.24, 2.45) is 0 Å². The molecule has 252 valence electrons. The minimum Gasteiger partial charge on any atom is -0.334 e. The van der Waals surface area contributed by atoms with Gasteiger partial charge in [0.25, 0.3) is 0 Å². The summed E-state index contributed by atoms with van der Waals surface area (Å²) in [7, 11) is 0. The fourth-order valence-electron chi connectivity index (χ4n) is 7.48. The molecule has 0 amide bonds. The van der Waals surface area contributed by atoms with E-state index in [0.717, 1.165) is 68.5 Å². The van der Waals surface area contributed by atoms with Crippen LogP contribution in [0.3, 0.4) is 0 Å². The normalized spacial score (nSPS) is 11.6. The SMILES string of the molecule is Cc1nc(CNCCCNCc2cc3c4ccccc4n(Cc4ccccc4)c3c(C)n2)cc2c3ccccc3n(Cc3ccccc3)c12.Cl. The third-order valence-corrected chi connectivity index (χ3v) is 9.64. The minimum absolute atomic E-state index is 0. The largest absolute Gasteiger partial charge is 0.334 e. The van der Waals surface area contributed by atoms with Gasteiger partial charge in [-0.05, 0) is 68.8 Å². The Morgan fingerprint density at radius 1 is 0.500 bits per heavy atom. The lowest BCUT2D eigenvalue weighted by atomic mass is 10.1. The van der Waals surface area contributed by atoms with Crippen LogP contribution in [0.1, 0.15) is 40.3 Å². The van der Waals surface area contributed by atoms with Gasteiger partial charge >= 0.3 is 0 Å². The first-order valence-corrected chi connectivity index (χ1v) is 17.4. The molecule has 4 aromatic heterocycles. The van der Waals surface area contributed by atoms with E-state index in [1.165, 1.54) is 54.7 Å². The molecule has 0 spiro atoms. The monoisotopic (exact) mass is 678 g/mol. The number of nitrogens with one attached hydrogen (secondary N) is 2. The smallest absolute Gasteiger partial charge is 0.0711 e. The van der Waals surface area contributed by atoms with Crippen molar-refractivity contribution in [1.82, 2.24) is 29.7 Å². The number of aryl methyl sites for hydroxylation is 2. The summed E-state index contributed by atoms with van der Waals surface area (Å²) in [6, 6.07) is 43.4. The molecule has 7 heteroatoms. The maximum Gasteiger partial charge on any atom is 0.0711 e. The number of nitrogens with zero attached hydrogens (tertiary/aromatic N) is 4. The second-order valence-electron chi connectivity index (χ2n) is 13.1. The fourth-order valence-corrected chi connectivity index (χ4v) is 7.48. The molecule has 0 radical (unpaired) electrons. The van der Waals surface area contributed by atoms with E-state index in [1.807, 2.05) is 0 Å². The molecule has 0 saturated heterocycles. The van der Waals surface area contributed by atoms with Crippen LogP contribution >= 0.6 is 12.4 Å². The summed E-state index contributed by atoms with van der Waals surface area (Å²) in [4.78, 5) is 10.1. The van der Waals surface area contributed by atoms with Crippen LogP contribution in [0, 0.1) is 13.8 Å². The average molecular weight is 679 g/mol. The highest BCUT2D eigenvalue weighted by Crippen LogP contribution is 2.33. The van der Waals surface area contributed by atoms with Crippen LogP contribution in [0.25, 0.3) is 43.6 Å². The highest BCUT2D eigenvalue weighted by Gasteiger charge is 2.16. The first-order valence-electron chi connectivity index (χ1n) is 17.4. The molecule has 0 unspecified atom stereocenters. The predicted molar refractivity (Wildman–Crippen MR) is 210 cm³/mol. The van der Waals surface area contributed by atoms with Crippen LogP contribution in [0.4, 0.5) is 0 Å². The quantitative estimate of drug-likeness (QED) is 0.127. The Hall–Kier alpha value is -5.01. The molecular formula is C43H43ClN6. The van der Waals surface area contributed by atoms with E-state index in [4.69, 9.17) is 9.97 Å². The fraction of sp³-hybridized carbons (Fsp3) is 0.209. The zero-order valence-electron chi connectivity index (χ0n) is 28.7. The number of fused-ring (bicyclic) bond motifs is 6. The van der Waals surface area contributed by atoms with E-state index in [9.17, 15) is 0 Å². The van der Waals surface area contributed by atoms with Gasteiger partial charge < -0.3 is 19.8 Å². The molecule has 0 fully saturated rings. The molecule has 8 rings (SSSR count). The van der Waals surface area contributed by atoms with Crippen molar-refractivity contribution < 1.29 is 0 Å². The van der Waals surface area contributed by atoms with Crippen molar-refractivity contribution in [2.75, 3.05) is 13.1 Å². The molecule has 0 aliphatic rings. The molecule has 0 aliphatic carbocycles. The van der Waals surface area contributed by atoms with Crippen LogP contribution in [-0.4, -0.2) is 32.2 Å².